The van der Waals surface area contributed by atoms with Crippen LogP contribution < -0.4 is 4.90 Å². The predicted octanol–water partition coefficient (Wildman–Crippen LogP) is 12.2. The fraction of sp³-hybridized carbons (Fsp3) is 0. The van der Waals surface area contributed by atoms with E-state index in [-0.39, 0.29) is 0 Å². The molecule has 0 aliphatic rings. The van der Waals surface area contributed by atoms with E-state index in [0.717, 1.165) is 38.8 Å². The fourth-order valence-electron chi connectivity index (χ4n) is 6.61. The van der Waals surface area contributed by atoms with Gasteiger partial charge in [0.2, 0.25) is 0 Å². The molecule has 9 aromatic rings. The summed E-state index contributed by atoms with van der Waals surface area (Å²) in [5.74, 6) is 0. The average Bonchev–Trinajstić information content (AvgIpc) is 3.73. The van der Waals surface area contributed by atoms with E-state index in [1.165, 1.54) is 37.6 Å². The fourth-order valence-corrected chi connectivity index (χ4v) is 7.57. The average molecular weight is 620 g/mol. The van der Waals surface area contributed by atoms with E-state index in [1.54, 1.807) is 11.3 Å². The first-order valence-electron chi connectivity index (χ1n) is 15.8. The molecule has 7 aromatic carbocycles. The van der Waals surface area contributed by atoms with Crippen LogP contribution in [-0.2, 0) is 0 Å². The molecule has 0 unspecified atom stereocenters. The maximum absolute atomic E-state index is 4.93. The zero-order valence-corrected chi connectivity index (χ0v) is 26.3. The Balaban J connectivity index is 1.12. The highest BCUT2D eigenvalue weighted by molar-refractivity contribution is 7.21. The molecule has 0 spiro atoms. The van der Waals surface area contributed by atoms with Gasteiger partial charge in [-0.15, -0.1) is 11.3 Å². The molecular formula is C43H29N3S. The van der Waals surface area contributed by atoms with Crippen molar-refractivity contribution in [3.8, 4) is 27.4 Å². The molecule has 0 saturated heterocycles. The summed E-state index contributed by atoms with van der Waals surface area (Å²) in [6.45, 7) is 0. The van der Waals surface area contributed by atoms with Crippen molar-refractivity contribution in [1.29, 1.82) is 0 Å². The lowest BCUT2D eigenvalue weighted by atomic mass is 10.0. The van der Waals surface area contributed by atoms with Crippen LogP contribution in [0.2, 0.25) is 0 Å². The van der Waals surface area contributed by atoms with Gasteiger partial charge in [0, 0.05) is 39.1 Å². The first kappa shape index (κ1) is 27.3. The van der Waals surface area contributed by atoms with Gasteiger partial charge in [0.05, 0.1) is 21.3 Å². The Labute approximate surface area is 277 Å². The topological polar surface area (TPSA) is 21.1 Å². The van der Waals surface area contributed by atoms with Crippen molar-refractivity contribution in [2.75, 3.05) is 4.90 Å². The van der Waals surface area contributed by atoms with E-state index in [0.29, 0.717) is 0 Å². The summed E-state index contributed by atoms with van der Waals surface area (Å²) in [5, 5.41) is 3.52. The predicted molar refractivity (Wildman–Crippen MR) is 200 cm³/mol. The van der Waals surface area contributed by atoms with Crippen molar-refractivity contribution in [2.24, 2.45) is 0 Å². The van der Waals surface area contributed by atoms with Crippen molar-refractivity contribution < 1.29 is 0 Å². The normalized spacial score (nSPS) is 11.4. The lowest BCUT2D eigenvalue weighted by Gasteiger charge is -2.25. The number of rotatable bonds is 6. The van der Waals surface area contributed by atoms with Gasteiger partial charge in [-0.1, -0.05) is 97.1 Å². The Kier molecular flexibility index (Phi) is 6.65. The number of aromatic nitrogens is 2. The van der Waals surface area contributed by atoms with Gasteiger partial charge in [-0.05, 0) is 90.0 Å². The van der Waals surface area contributed by atoms with Gasteiger partial charge in [0.15, 0.2) is 0 Å². The van der Waals surface area contributed by atoms with E-state index in [1.807, 2.05) is 6.07 Å². The summed E-state index contributed by atoms with van der Waals surface area (Å²) in [6, 6.07) is 62.6. The molecule has 2 aromatic heterocycles. The van der Waals surface area contributed by atoms with Crippen LogP contribution in [0.1, 0.15) is 0 Å². The molecule has 0 radical (unpaired) electrons. The molecule has 0 bridgehead atoms. The van der Waals surface area contributed by atoms with Crippen LogP contribution in [0.4, 0.5) is 17.1 Å². The molecule has 4 heteroatoms. The molecule has 47 heavy (non-hydrogen) atoms. The van der Waals surface area contributed by atoms with Gasteiger partial charge in [0.25, 0.3) is 0 Å². The van der Waals surface area contributed by atoms with Gasteiger partial charge >= 0.3 is 0 Å². The number of nitrogens with zero attached hydrogens (tertiary/aromatic N) is 3. The summed E-state index contributed by atoms with van der Waals surface area (Å²) in [6.07, 6.45) is 0. The summed E-state index contributed by atoms with van der Waals surface area (Å²) in [7, 11) is 0. The van der Waals surface area contributed by atoms with Crippen LogP contribution in [0, 0.1) is 0 Å². The molecule has 0 fully saturated rings. The molecule has 3 nitrogen and oxygen atoms in total. The Morgan fingerprint density at radius 3 is 1.85 bits per heavy atom. The maximum atomic E-state index is 4.93. The third-order valence-electron chi connectivity index (χ3n) is 8.81. The van der Waals surface area contributed by atoms with Gasteiger partial charge in [0.1, 0.15) is 5.01 Å². The van der Waals surface area contributed by atoms with Crippen LogP contribution in [0.15, 0.2) is 176 Å². The molecule has 222 valence electrons. The smallest absolute Gasteiger partial charge is 0.124 e. The summed E-state index contributed by atoms with van der Waals surface area (Å²) in [5.41, 5.74) is 11.5. The summed E-state index contributed by atoms with van der Waals surface area (Å²) in [4.78, 5) is 7.23. The lowest BCUT2D eigenvalue weighted by molar-refractivity contribution is 1.18. The monoisotopic (exact) mass is 619 g/mol. The van der Waals surface area contributed by atoms with Crippen LogP contribution >= 0.6 is 11.3 Å². The van der Waals surface area contributed by atoms with E-state index >= 15 is 0 Å². The number of fused-ring (bicyclic) bond motifs is 4. The second-order valence-electron chi connectivity index (χ2n) is 11.7. The van der Waals surface area contributed by atoms with Crippen molar-refractivity contribution in [1.82, 2.24) is 9.55 Å². The zero-order valence-electron chi connectivity index (χ0n) is 25.5. The minimum absolute atomic E-state index is 1.04. The standard InChI is InChI=1S/C43H29N3S/c1-3-13-33(14-4-1)45(34-15-5-2-6-16-34)35-25-22-30(23-26-35)31-24-27-41-38(29-31)37-18-7-9-20-40(37)46(41)36-17-11-12-32(28-36)43-44-39-19-8-10-21-42(39)47-43/h1-29H. The van der Waals surface area contributed by atoms with Gasteiger partial charge in [-0.3, -0.25) is 0 Å². The third-order valence-corrected chi connectivity index (χ3v) is 9.89. The second kappa shape index (κ2) is 11.4. The van der Waals surface area contributed by atoms with Crippen LogP contribution in [0.5, 0.6) is 0 Å². The van der Waals surface area contributed by atoms with E-state index < -0.39 is 0 Å². The molecule has 0 N–H and O–H groups in total. The molecule has 2 heterocycles. The summed E-state index contributed by atoms with van der Waals surface area (Å²) < 4.78 is 3.59. The van der Waals surface area contributed by atoms with E-state index in [4.69, 9.17) is 4.98 Å². The molecule has 0 aliphatic carbocycles. The molecule has 9 rings (SSSR count). The first-order chi connectivity index (χ1) is 23.3. The van der Waals surface area contributed by atoms with Crippen molar-refractivity contribution in [2.45, 2.75) is 0 Å². The number of hydrogen-bond acceptors (Lipinski definition) is 3. The van der Waals surface area contributed by atoms with Crippen molar-refractivity contribution in [3.63, 3.8) is 0 Å². The largest absolute Gasteiger partial charge is 0.311 e. The van der Waals surface area contributed by atoms with Crippen LogP contribution in [0.25, 0.3) is 59.4 Å². The quantitative estimate of drug-likeness (QED) is 0.185. The Bertz CT molecular complexity index is 2440. The molecule has 0 aliphatic heterocycles. The highest BCUT2D eigenvalue weighted by Gasteiger charge is 2.16. The Morgan fingerprint density at radius 2 is 1.09 bits per heavy atom. The number of hydrogen-bond donors (Lipinski definition) is 0. The number of thiazole rings is 1. The van der Waals surface area contributed by atoms with Gasteiger partial charge in [-0.2, -0.15) is 0 Å². The third kappa shape index (κ3) is 4.87. The number of para-hydroxylation sites is 4. The van der Waals surface area contributed by atoms with E-state index in [2.05, 4.69) is 179 Å². The van der Waals surface area contributed by atoms with Gasteiger partial charge in [-0.25, -0.2) is 4.98 Å². The van der Waals surface area contributed by atoms with Crippen molar-refractivity contribution in [3.05, 3.63) is 176 Å². The maximum Gasteiger partial charge on any atom is 0.124 e. The summed E-state index contributed by atoms with van der Waals surface area (Å²) >= 11 is 1.74. The Morgan fingerprint density at radius 1 is 0.447 bits per heavy atom. The second-order valence-corrected chi connectivity index (χ2v) is 12.7. The number of benzene rings is 7. The minimum atomic E-state index is 1.04. The number of anilines is 3. The first-order valence-corrected chi connectivity index (χ1v) is 16.6. The zero-order chi connectivity index (χ0) is 31.2. The van der Waals surface area contributed by atoms with Crippen LogP contribution in [-0.4, -0.2) is 9.55 Å². The van der Waals surface area contributed by atoms with Gasteiger partial charge < -0.3 is 9.47 Å². The SMILES string of the molecule is c1ccc(N(c2ccccc2)c2ccc(-c3ccc4c(c3)c3ccccc3n4-c3cccc(-c4nc5ccccc5s4)c3)cc2)cc1. The molecule has 0 amide bonds. The molecular weight excluding hydrogens is 591 g/mol. The van der Waals surface area contributed by atoms with Crippen molar-refractivity contribution >= 4 is 60.4 Å². The van der Waals surface area contributed by atoms with E-state index in [9.17, 15) is 0 Å². The minimum Gasteiger partial charge on any atom is -0.311 e. The highest BCUT2D eigenvalue weighted by atomic mass is 32.1. The molecule has 0 saturated carbocycles. The Hall–Kier alpha value is -5.97. The van der Waals surface area contributed by atoms with Crippen LogP contribution in [0.3, 0.4) is 0 Å². The highest BCUT2D eigenvalue weighted by Crippen LogP contribution is 2.39. The lowest BCUT2D eigenvalue weighted by Crippen LogP contribution is -2.09. The molecule has 0 atom stereocenters.